The second-order valence-electron chi connectivity index (χ2n) is 5.48. The maximum Gasteiger partial charge on any atom is 0.357 e. The van der Waals surface area contributed by atoms with Gasteiger partial charge in [0, 0.05) is 27.7 Å². The highest BCUT2D eigenvalue weighted by molar-refractivity contribution is 9.10. The van der Waals surface area contributed by atoms with E-state index in [0.29, 0.717) is 33.5 Å². The van der Waals surface area contributed by atoms with Crippen LogP contribution in [-0.4, -0.2) is 21.3 Å². The van der Waals surface area contributed by atoms with Crippen LogP contribution in [0.4, 0.5) is 0 Å². The molecule has 26 heavy (non-hydrogen) atoms. The van der Waals surface area contributed by atoms with Crippen LogP contribution >= 0.6 is 15.9 Å². The van der Waals surface area contributed by atoms with Crippen molar-refractivity contribution in [3.8, 4) is 16.9 Å². The second-order valence-corrected chi connectivity index (χ2v) is 6.33. The molecule has 0 amide bonds. The highest BCUT2D eigenvalue weighted by Gasteiger charge is 2.21. The summed E-state index contributed by atoms with van der Waals surface area (Å²) < 4.78 is 6.66. The van der Waals surface area contributed by atoms with Crippen LogP contribution in [0.15, 0.2) is 59.2 Å². The number of hydrogen-bond acceptors (Lipinski definition) is 5. The molecule has 0 fully saturated rings. The standard InChI is InChI=1S/C19H16BrN3O3/c20-15-6-7-16(26-11-12-4-2-1-3-5-12)14(10-21)17(15)13-8-9-22-23-18(13)19(24)25/h1-9H,10-11,21H2,(H,24,25). The molecule has 0 atom stereocenters. The lowest BCUT2D eigenvalue weighted by molar-refractivity contribution is 0.0690. The van der Waals surface area contributed by atoms with E-state index in [1.807, 2.05) is 36.4 Å². The summed E-state index contributed by atoms with van der Waals surface area (Å²) in [5.41, 5.74) is 8.64. The Morgan fingerprint density at radius 3 is 2.62 bits per heavy atom. The van der Waals surface area contributed by atoms with Gasteiger partial charge in [-0.25, -0.2) is 4.79 Å². The Kier molecular flexibility index (Phi) is 5.60. The van der Waals surface area contributed by atoms with E-state index in [0.717, 1.165) is 5.56 Å². The molecular weight excluding hydrogens is 398 g/mol. The third-order valence-electron chi connectivity index (χ3n) is 3.85. The van der Waals surface area contributed by atoms with Crippen molar-refractivity contribution in [2.75, 3.05) is 0 Å². The number of ether oxygens (including phenoxy) is 1. The van der Waals surface area contributed by atoms with Crippen molar-refractivity contribution in [3.05, 3.63) is 76.0 Å². The molecule has 0 aliphatic heterocycles. The SMILES string of the molecule is NCc1c(OCc2ccccc2)ccc(Br)c1-c1ccnnc1C(=O)O. The molecule has 2 aromatic carbocycles. The first-order chi connectivity index (χ1) is 12.6. The molecule has 0 saturated carbocycles. The van der Waals surface area contributed by atoms with E-state index in [9.17, 15) is 9.90 Å². The number of aromatic carboxylic acids is 1. The lowest BCUT2D eigenvalue weighted by Gasteiger charge is -2.17. The van der Waals surface area contributed by atoms with Gasteiger partial charge in [-0.15, -0.1) is 5.10 Å². The van der Waals surface area contributed by atoms with Gasteiger partial charge in [-0.3, -0.25) is 0 Å². The predicted molar refractivity (Wildman–Crippen MR) is 101 cm³/mol. The molecule has 0 saturated heterocycles. The predicted octanol–water partition coefficient (Wildman–Crippen LogP) is 3.64. The molecule has 0 aliphatic rings. The van der Waals surface area contributed by atoms with E-state index in [4.69, 9.17) is 10.5 Å². The first kappa shape index (κ1) is 18.0. The van der Waals surface area contributed by atoms with Gasteiger partial charge in [0.1, 0.15) is 12.4 Å². The van der Waals surface area contributed by atoms with Crippen LogP contribution in [-0.2, 0) is 13.2 Å². The Bertz CT molecular complexity index is 933. The molecule has 7 heteroatoms. The van der Waals surface area contributed by atoms with Crippen molar-refractivity contribution in [1.29, 1.82) is 0 Å². The van der Waals surface area contributed by atoms with Gasteiger partial charge in [-0.2, -0.15) is 5.10 Å². The Balaban J connectivity index is 2.05. The van der Waals surface area contributed by atoms with E-state index < -0.39 is 5.97 Å². The van der Waals surface area contributed by atoms with Crippen LogP contribution in [0.1, 0.15) is 21.6 Å². The first-order valence-corrected chi connectivity index (χ1v) is 8.64. The van der Waals surface area contributed by atoms with E-state index in [1.54, 1.807) is 12.1 Å². The Morgan fingerprint density at radius 2 is 1.92 bits per heavy atom. The number of nitrogens with zero attached hydrogens (tertiary/aromatic N) is 2. The van der Waals surface area contributed by atoms with Crippen molar-refractivity contribution in [2.45, 2.75) is 13.2 Å². The lowest BCUT2D eigenvalue weighted by atomic mass is 9.98. The summed E-state index contributed by atoms with van der Waals surface area (Å²) in [5, 5.41) is 16.8. The number of hydrogen-bond donors (Lipinski definition) is 2. The van der Waals surface area contributed by atoms with Crippen molar-refractivity contribution < 1.29 is 14.6 Å². The third-order valence-corrected chi connectivity index (χ3v) is 4.51. The fourth-order valence-corrected chi connectivity index (χ4v) is 3.24. The quantitative estimate of drug-likeness (QED) is 0.639. The molecule has 3 N–H and O–H groups in total. The molecule has 132 valence electrons. The van der Waals surface area contributed by atoms with Gasteiger partial charge in [0.2, 0.25) is 0 Å². The highest BCUT2D eigenvalue weighted by atomic mass is 79.9. The van der Waals surface area contributed by atoms with Gasteiger partial charge in [0.15, 0.2) is 5.69 Å². The van der Waals surface area contributed by atoms with Gasteiger partial charge in [0.25, 0.3) is 0 Å². The molecule has 0 unspecified atom stereocenters. The zero-order valence-corrected chi connectivity index (χ0v) is 15.3. The molecule has 1 heterocycles. The summed E-state index contributed by atoms with van der Waals surface area (Å²) in [6.07, 6.45) is 1.45. The van der Waals surface area contributed by atoms with Crippen LogP contribution in [0.5, 0.6) is 5.75 Å². The summed E-state index contributed by atoms with van der Waals surface area (Å²) in [5.74, 6) is -0.554. The van der Waals surface area contributed by atoms with Crippen molar-refractivity contribution in [3.63, 3.8) is 0 Å². The first-order valence-electron chi connectivity index (χ1n) is 7.85. The number of carboxylic acid groups (broad SMARTS) is 1. The van der Waals surface area contributed by atoms with E-state index in [2.05, 4.69) is 26.1 Å². The number of aromatic nitrogens is 2. The summed E-state index contributed by atoms with van der Waals surface area (Å²) in [7, 11) is 0. The van der Waals surface area contributed by atoms with Crippen molar-refractivity contribution in [1.82, 2.24) is 10.2 Å². The Hall–Kier alpha value is -2.77. The van der Waals surface area contributed by atoms with Crippen LogP contribution in [0.25, 0.3) is 11.1 Å². The van der Waals surface area contributed by atoms with Crippen molar-refractivity contribution in [2.24, 2.45) is 5.73 Å². The largest absolute Gasteiger partial charge is 0.489 e. The maximum absolute atomic E-state index is 11.5. The fourth-order valence-electron chi connectivity index (χ4n) is 2.66. The average molecular weight is 414 g/mol. The van der Waals surface area contributed by atoms with Gasteiger partial charge < -0.3 is 15.6 Å². The highest BCUT2D eigenvalue weighted by Crippen LogP contribution is 2.38. The molecule has 0 bridgehead atoms. The lowest BCUT2D eigenvalue weighted by Crippen LogP contribution is -2.09. The number of nitrogens with two attached hydrogens (primary N) is 1. The number of carbonyl (C=O) groups is 1. The second kappa shape index (κ2) is 8.07. The average Bonchev–Trinajstić information content (AvgIpc) is 2.67. The number of rotatable bonds is 6. The minimum atomic E-state index is -1.15. The third kappa shape index (κ3) is 3.74. The smallest absolute Gasteiger partial charge is 0.357 e. The molecule has 6 nitrogen and oxygen atoms in total. The van der Waals surface area contributed by atoms with Crippen molar-refractivity contribution >= 4 is 21.9 Å². The molecular formula is C19H16BrN3O3. The van der Waals surface area contributed by atoms with Crippen LogP contribution in [0.3, 0.4) is 0 Å². The van der Waals surface area contributed by atoms with E-state index >= 15 is 0 Å². The van der Waals surface area contributed by atoms with E-state index in [-0.39, 0.29) is 12.2 Å². The molecule has 3 aromatic rings. The van der Waals surface area contributed by atoms with Crippen LogP contribution < -0.4 is 10.5 Å². The zero-order chi connectivity index (χ0) is 18.5. The van der Waals surface area contributed by atoms with Gasteiger partial charge in [0.05, 0.1) is 6.20 Å². The number of benzene rings is 2. The van der Waals surface area contributed by atoms with Gasteiger partial charge in [-0.05, 0) is 23.8 Å². The normalized spacial score (nSPS) is 10.5. The number of halogens is 1. The van der Waals surface area contributed by atoms with Gasteiger partial charge >= 0.3 is 5.97 Å². The fraction of sp³-hybridized carbons (Fsp3) is 0.105. The minimum absolute atomic E-state index is 0.136. The van der Waals surface area contributed by atoms with Gasteiger partial charge in [-0.1, -0.05) is 46.3 Å². The monoisotopic (exact) mass is 413 g/mol. The zero-order valence-electron chi connectivity index (χ0n) is 13.7. The Labute approximate surface area is 158 Å². The summed E-state index contributed by atoms with van der Waals surface area (Å²) in [4.78, 5) is 11.5. The van der Waals surface area contributed by atoms with Crippen LogP contribution in [0.2, 0.25) is 0 Å². The Morgan fingerprint density at radius 1 is 1.15 bits per heavy atom. The number of carboxylic acids is 1. The summed E-state index contributed by atoms with van der Waals surface area (Å²) >= 11 is 3.49. The van der Waals surface area contributed by atoms with Crippen LogP contribution in [0, 0.1) is 0 Å². The summed E-state index contributed by atoms with van der Waals surface area (Å²) in [6, 6.07) is 15.0. The molecule has 1 aromatic heterocycles. The topological polar surface area (TPSA) is 98.3 Å². The molecule has 0 spiro atoms. The van der Waals surface area contributed by atoms with E-state index in [1.165, 1.54) is 6.20 Å². The minimum Gasteiger partial charge on any atom is -0.489 e. The molecule has 0 aliphatic carbocycles. The maximum atomic E-state index is 11.5. The molecule has 3 rings (SSSR count). The molecule has 0 radical (unpaired) electrons. The summed E-state index contributed by atoms with van der Waals surface area (Å²) in [6.45, 7) is 0.565.